The molecule has 0 N–H and O–H groups in total. The highest BCUT2D eigenvalue weighted by Crippen LogP contribution is 2.47. The molecule has 1 aliphatic rings. The van der Waals surface area contributed by atoms with Gasteiger partial charge in [-0.1, -0.05) is 66.2 Å². The number of anilines is 1. The zero-order valence-electron chi connectivity index (χ0n) is 22.0. The highest BCUT2D eigenvalue weighted by molar-refractivity contribution is 7.99. The molecule has 1 aliphatic heterocycles. The maximum atomic E-state index is 14.0. The number of ether oxygens (including phenoxy) is 2. The number of amides is 2. The van der Waals surface area contributed by atoms with E-state index in [2.05, 4.69) is 0 Å². The van der Waals surface area contributed by atoms with Crippen molar-refractivity contribution in [3.63, 3.8) is 0 Å². The number of carbonyl (C=O) groups is 3. The molecular weight excluding hydrogens is 500 g/mol. The van der Waals surface area contributed by atoms with Crippen molar-refractivity contribution in [1.29, 1.82) is 0 Å². The van der Waals surface area contributed by atoms with Crippen molar-refractivity contribution in [2.45, 2.75) is 43.6 Å². The molecule has 0 aliphatic carbocycles. The van der Waals surface area contributed by atoms with Crippen LogP contribution in [0.5, 0.6) is 0 Å². The zero-order valence-corrected chi connectivity index (χ0v) is 22.9. The van der Waals surface area contributed by atoms with Gasteiger partial charge in [-0.15, -0.1) is 11.8 Å². The van der Waals surface area contributed by atoms with Gasteiger partial charge in [0.15, 0.2) is 6.10 Å². The number of benzene rings is 3. The number of nitrogens with zero attached hydrogens (tertiary/aromatic N) is 2. The van der Waals surface area contributed by atoms with E-state index < -0.39 is 23.4 Å². The number of thioether (sulfide) groups is 1. The molecule has 2 atom stereocenters. The molecule has 0 radical (unpaired) electrons. The number of rotatable bonds is 7. The Bertz CT molecular complexity index is 1300. The van der Waals surface area contributed by atoms with Gasteiger partial charge in [0.2, 0.25) is 0 Å². The first kappa shape index (κ1) is 27.3. The highest BCUT2D eigenvalue weighted by atomic mass is 32.2. The van der Waals surface area contributed by atoms with Crippen LogP contribution in [0.4, 0.5) is 10.5 Å². The largest absolute Gasteiger partial charge is 0.451 e. The summed E-state index contributed by atoms with van der Waals surface area (Å²) in [6.07, 6.45) is -1.51. The Kier molecular flexibility index (Phi) is 8.73. The van der Waals surface area contributed by atoms with Crippen molar-refractivity contribution >= 4 is 35.4 Å². The zero-order chi connectivity index (χ0) is 27.2. The van der Waals surface area contributed by atoms with Gasteiger partial charge in [0.1, 0.15) is 6.61 Å². The summed E-state index contributed by atoms with van der Waals surface area (Å²) in [5.74, 6) is -0.850. The number of aryl methyl sites for hydroxylation is 2. The fourth-order valence-corrected chi connectivity index (χ4v) is 5.65. The van der Waals surface area contributed by atoms with E-state index in [1.807, 2.05) is 86.6 Å². The molecule has 7 nitrogen and oxygen atoms in total. The minimum absolute atomic E-state index is 0.165. The van der Waals surface area contributed by atoms with E-state index in [1.165, 1.54) is 23.6 Å². The summed E-state index contributed by atoms with van der Waals surface area (Å²) < 4.78 is 11.1. The van der Waals surface area contributed by atoms with E-state index in [1.54, 1.807) is 11.9 Å². The first-order chi connectivity index (χ1) is 18.2. The van der Waals surface area contributed by atoms with Crippen LogP contribution in [0.3, 0.4) is 0 Å². The molecule has 2 amide bonds. The second-order valence-corrected chi connectivity index (χ2v) is 10.6. The Morgan fingerprint density at radius 2 is 1.66 bits per heavy atom. The van der Waals surface area contributed by atoms with Gasteiger partial charge in [-0.05, 0) is 42.7 Å². The van der Waals surface area contributed by atoms with Gasteiger partial charge in [0.25, 0.3) is 5.91 Å². The lowest BCUT2D eigenvalue weighted by Gasteiger charge is -2.29. The van der Waals surface area contributed by atoms with Gasteiger partial charge < -0.3 is 19.3 Å². The summed E-state index contributed by atoms with van der Waals surface area (Å²) in [4.78, 5) is 42.7. The fraction of sp³-hybridized carbons (Fsp3) is 0.300. The second-order valence-electron chi connectivity index (χ2n) is 9.40. The average Bonchev–Trinajstić information content (AvgIpc) is 3.01. The summed E-state index contributed by atoms with van der Waals surface area (Å²) in [5, 5.41) is -0.425. The first-order valence-electron chi connectivity index (χ1n) is 12.5. The van der Waals surface area contributed by atoms with Crippen LogP contribution in [0.15, 0.2) is 77.7 Å². The Hall–Kier alpha value is -3.78. The van der Waals surface area contributed by atoms with Gasteiger partial charge >= 0.3 is 12.1 Å². The van der Waals surface area contributed by atoms with Crippen LogP contribution < -0.4 is 4.90 Å². The number of esters is 1. The molecule has 8 heteroatoms. The summed E-state index contributed by atoms with van der Waals surface area (Å²) in [7, 11) is 1.64. The van der Waals surface area contributed by atoms with Crippen LogP contribution in [0.1, 0.15) is 34.4 Å². The summed E-state index contributed by atoms with van der Waals surface area (Å²) in [6.45, 7) is 5.93. The predicted molar refractivity (Wildman–Crippen MR) is 148 cm³/mol. The second kappa shape index (κ2) is 12.2. The van der Waals surface area contributed by atoms with E-state index >= 15 is 0 Å². The molecule has 0 spiro atoms. The summed E-state index contributed by atoms with van der Waals surface area (Å²) >= 11 is 1.51. The van der Waals surface area contributed by atoms with Crippen molar-refractivity contribution < 1.29 is 23.9 Å². The molecule has 3 aromatic rings. The van der Waals surface area contributed by atoms with Gasteiger partial charge in [-0.2, -0.15) is 0 Å². The topological polar surface area (TPSA) is 76.2 Å². The van der Waals surface area contributed by atoms with Crippen molar-refractivity contribution in [1.82, 2.24) is 4.90 Å². The lowest BCUT2D eigenvalue weighted by molar-refractivity contribution is -0.152. The van der Waals surface area contributed by atoms with E-state index in [0.717, 1.165) is 32.8 Å². The van der Waals surface area contributed by atoms with E-state index in [9.17, 15) is 14.4 Å². The molecule has 3 aromatic carbocycles. The van der Waals surface area contributed by atoms with Crippen LogP contribution in [0, 0.1) is 13.8 Å². The van der Waals surface area contributed by atoms with Crippen LogP contribution in [-0.2, 0) is 25.7 Å². The molecule has 4 rings (SSSR count). The average molecular weight is 533 g/mol. The molecule has 0 unspecified atom stereocenters. The number of likely N-dealkylation sites (N-methyl/N-ethyl adjacent to an activating group) is 1. The van der Waals surface area contributed by atoms with Crippen molar-refractivity contribution in [3.05, 3.63) is 95.1 Å². The van der Waals surface area contributed by atoms with Crippen molar-refractivity contribution in [2.75, 3.05) is 25.0 Å². The van der Waals surface area contributed by atoms with E-state index in [0.29, 0.717) is 0 Å². The quantitative estimate of drug-likeness (QED) is 0.364. The smallest absolute Gasteiger partial charge is 0.409 e. The molecule has 1 heterocycles. The summed E-state index contributed by atoms with van der Waals surface area (Å²) in [5.41, 5.74) is 4.67. The molecular formula is C30H32N2O5S. The Labute approximate surface area is 227 Å². The van der Waals surface area contributed by atoms with Crippen LogP contribution >= 0.6 is 11.8 Å². The fourth-order valence-electron chi connectivity index (χ4n) is 4.23. The normalized spacial score (nSPS) is 16.8. The number of fused-ring (bicyclic) bond motifs is 1. The Morgan fingerprint density at radius 1 is 0.974 bits per heavy atom. The maximum Gasteiger partial charge on any atom is 0.409 e. The van der Waals surface area contributed by atoms with Crippen LogP contribution in [0.25, 0.3) is 0 Å². The Morgan fingerprint density at radius 3 is 2.34 bits per heavy atom. The molecule has 0 bridgehead atoms. The number of hydrogen-bond acceptors (Lipinski definition) is 6. The molecule has 0 saturated carbocycles. The van der Waals surface area contributed by atoms with Gasteiger partial charge in [-0.3, -0.25) is 9.59 Å². The first-order valence-corrected chi connectivity index (χ1v) is 13.3. The predicted octanol–water partition coefficient (Wildman–Crippen LogP) is 5.68. The molecule has 38 heavy (non-hydrogen) atoms. The van der Waals surface area contributed by atoms with Gasteiger partial charge in [-0.25, -0.2) is 4.79 Å². The monoisotopic (exact) mass is 532 g/mol. The van der Waals surface area contributed by atoms with E-state index in [4.69, 9.17) is 9.47 Å². The van der Waals surface area contributed by atoms with E-state index in [-0.39, 0.29) is 25.6 Å². The molecule has 0 fully saturated rings. The number of hydrogen-bond donors (Lipinski definition) is 0. The van der Waals surface area contributed by atoms with Crippen molar-refractivity contribution in [3.8, 4) is 0 Å². The highest BCUT2D eigenvalue weighted by Gasteiger charge is 2.41. The third-order valence-corrected chi connectivity index (χ3v) is 7.67. The standard InChI is InChI=1S/C30H32N2O5S/c1-20-10-13-24(14-11-20)28-27(37-22(3)33)29(34)32(25-15-12-21(2)18-26(25)38-28)17-16-31(4)30(35)36-19-23-8-6-5-7-9-23/h5-15,18,27-28H,16-17,19H2,1-4H3/t27-,28+/m0/s1. The van der Waals surface area contributed by atoms with Gasteiger partial charge in [0, 0.05) is 32.0 Å². The minimum Gasteiger partial charge on any atom is -0.451 e. The number of carbonyl (C=O) groups excluding carboxylic acids is 3. The van der Waals surface area contributed by atoms with Crippen LogP contribution in [-0.4, -0.2) is 49.1 Å². The SMILES string of the molecule is CC(=O)O[C@@H]1C(=O)N(CCN(C)C(=O)OCc2ccccc2)c2ccc(C)cc2S[C@@H]1c1ccc(C)cc1. The minimum atomic E-state index is -1.02. The third kappa shape index (κ3) is 6.55. The summed E-state index contributed by atoms with van der Waals surface area (Å²) in [6, 6.07) is 23.3. The van der Waals surface area contributed by atoms with Crippen molar-refractivity contribution in [2.24, 2.45) is 0 Å². The molecule has 198 valence electrons. The third-order valence-electron chi connectivity index (χ3n) is 6.32. The lowest BCUT2D eigenvalue weighted by Crippen LogP contribution is -2.46. The van der Waals surface area contributed by atoms with Crippen LogP contribution in [0.2, 0.25) is 0 Å². The molecule has 0 aromatic heterocycles. The van der Waals surface area contributed by atoms with Gasteiger partial charge in [0.05, 0.1) is 10.9 Å². The maximum absolute atomic E-state index is 14.0. The lowest BCUT2D eigenvalue weighted by atomic mass is 10.0. The Balaban J connectivity index is 1.58. The molecule has 0 saturated heterocycles.